The summed E-state index contributed by atoms with van der Waals surface area (Å²) in [5.74, 6) is 8.03. The van der Waals surface area contributed by atoms with Crippen LogP contribution >= 0.6 is 11.8 Å². The van der Waals surface area contributed by atoms with Crippen LogP contribution in [0.1, 0.15) is 42.0 Å². The van der Waals surface area contributed by atoms with E-state index in [2.05, 4.69) is 31.4 Å². The molecule has 1 heterocycles. The lowest BCUT2D eigenvalue weighted by Gasteiger charge is -2.31. The Morgan fingerprint density at radius 3 is 2.74 bits per heavy atom. The van der Waals surface area contributed by atoms with Crippen molar-refractivity contribution in [2.75, 3.05) is 12.9 Å². The van der Waals surface area contributed by atoms with Crippen LogP contribution in [0.4, 0.5) is 0 Å². The van der Waals surface area contributed by atoms with Crippen LogP contribution in [0, 0.1) is 13.8 Å². The van der Waals surface area contributed by atoms with E-state index in [9.17, 15) is 0 Å². The van der Waals surface area contributed by atoms with Crippen molar-refractivity contribution in [3.63, 3.8) is 0 Å². The van der Waals surface area contributed by atoms with Crippen molar-refractivity contribution in [1.29, 1.82) is 0 Å². The summed E-state index contributed by atoms with van der Waals surface area (Å²) in [4.78, 5) is 0. The Hall–Kier alpha value is -0.710. The molecule has 0 radical (unpaired) electrons. The van der Waals surface area contributed by atoms with Gasteiger partial charge in [0.05, 0.1) is 13.2 Å². The van der Waals surface area contributed by atoms with Gasteiger partial charge in [0.1, 0.15) is 5.75 Å². The van der Waals surface area contributed by atoms with Crippen LogP contribution < -0.4 is 16.0 Å². The number of aryl methyl sites for hydroxylation is 2. The normalized spacial score (nSPS) is 21.2. The summed E-state index contributed by atoms with van der Waals surface area (Å²) in [7, 11) is 1.74. The molecule has 3 nitrogen and oxygen atoms in total. The predicted molar refractivity (Wildman–Crippen MR) is 82.6 cm³/mol. The van der Waals surface area contributed by atoms with Gasteiger partial charge in [0.15, 0.2) is 0 Å². The molecule has 4 heteroatoms. The molecule has 0 aliphatic carbocycles. The molecule has 1 saturated heterocycles. The SMILES string of the molecule is COc1cc(C)cc(C)c1C(NN)C1CCCCS1. The minimum absolute atomic E-state index is 0.167. The third-order valence-corrected chi connectivity index (χ3v) is 5.25. The summed E-state index contributed by atoms with van der Waals surface area (Å²) >= 11 is 2.02. The van der Waals surface area contributed by atoms with Crippen LogP contribution in [0.5, 0.6) is 5.75 Å². The van der Waals surface area contributed by atoms with E-state index in [1.807, 2.05) is 11.8 Å². The molecule has 0 aromatic heterocycles. The molecule has 1 aromatic carbocycles. The van der Waals surface area contributed by atoms with Crippen LogP contribution in [-0.4, -0.2) is 18.1 Å². The van der Waals surface area contributed by atoms with Gasteiger partial charge in [0, 0.05) is 10.8 Å². The molecule has 1 aliphatic rings. The summed E-state index contributed by atoms with van der Waals surface area (Å²) in [6, 6.07) is 4.47. The van der Waals surface area contributed by atoms with Crippen LogP contribution in [0.2, 0.25) is 0 Å². The quantitative estimate of drug-likeness (QED) is 0.657. The Bertz CT molecular complexity index is 430. The monoisotopic (exact) mass is 280 g/mol. The molecular formula is C15H24N2OS. The van der Waals surface area contributed by atoms with Crippen molar-refractivity contribution in [2.45, 2.75) is 44.4 Å². The number of methoxy groups -OCH3 is 1. The first kappa shape index (κ1) is 14.7. The fraction of sp³-hybridized carbons (Fsp3) is 0.600. The van der Waals surface area contributed by atoms with Crippen molar-refractivity contribution in [1.82, 2.24) is 5.43 Å². The smallest absolute Gasteiger partial charge is 0.124 e. The maximum Gasteiger partial charge on any atom is 0.124 e. The van der Waals surface area contributed by atoms with Crippen molar-refractivity contribution < 1.29 is 4.74 Å². The summed E-state index contributed by atoms with van der Waals surface area (Å²) in [5, 5.41) is 0.536. The molecular weight excluding hydrogens is 256 g/mol. The third-order valence-electron chi connectivity index (χ3n) is 3.79. The predicted octanol–water partition coefficient (Wildman–Crippen LogP) is 3.10. The maximum absolute atomic E-state index is 5.85. The topological polar surface area (TPSA) is 47.3 Å². The zero-order valence-corrected chi connectivity index (χ0v) is 12.8. The molecule has 2 rings (SSSR count). The molecule has 2 unspecified atom stereocenters. The van der Waals surface area contributed by atoms with E-state index < -0.39 is 0 Å². The number of nitrogens with one attached hydrogen (secondary N) is 1. The number of rotatable bonds is 4. The highest BCUT2D eigenvalue weighted by molar-refractivity contribution is 8.00. The molecule has 1 aliphatic heterocycles. The molecule has 0 amide bonds. The van der Waals surface area contributed by atoms with Gasteiger partial charge in [-0.1, -0.05) is 12.5 Å². The molecule has 3 N–H and O–H groups in total. The van der Waals surface area contributed by atoms with Gasteiger partial charge in [-0.05, 0) is 49.6 Å². The van der Waals surface area contributed by atoms with E-state index in [0.717, 1.165) is 5.75 Å². The van der Waals surface area contributed by atoms with E-state index in [4.69, 9.17) is 10.6 Å². The molecule has 1 fully saturated rings. The summed E-state index contributed by atoms with van der Waals surface area (Å²) in [6.07, 6.45) is 3.83. The lowest BCUT2D eigenvalue weighted by atomic mass is 9.94. The molecule has 2 atom stereocenters. The van der Waals surface area contributed by atoms with Crippen LogP contribution in [0.15, 0.2) is 12.1 Å². The fourth-order valence-corrected chi connectivity index (χ4v) is 4.33. The number of ether oxygens (including phenoxy) is 1. The van der Waals surface area contributed by atoms with Crippen LogP contribution in [0.3, 0.4) is 0 Å². The summed E-state index contributed by atoms with van der Waals surface area (Å²) in [5.41, 5.74) is 6.72. The lowest BCUT2D eigenvalue weighted by molar-refractivity contribution is 0.393. The first-order valence-corrected chi connectivity index (χ1v) is 7.95. The number of benzene rings is 1. The Kier molecular flexibility index (Phi) is 5.13. The Labute approximate surface area is 120 Å². The highest BCUT2D eigenvalue weighted by Gasteiger charge is 2.28. The van der Waals surface area contributed by atoms with Crippen LogP contribution in [-0.2, 0) is 0 Å². The highest BCUT2D eigenvalue weighted by atomic mass is 32.2. The third kappa shape index (κ3) is 3.25. The van der Waals surface area contributed by atoms with Gasteiger partial charge >= 0.3 is 0 Å². The lowest BCUT2D eigenvalue weighted by Crippen LogP contribution is -2.37. The number of hydrogen-bond donors (Lipinski definition) is 2. The second-order valence-corrected chi connectivity index (χ2v) is 6.59. The average Bonchev–Trinajstić information content (AvgIpc) is 2.42. The highest BCUT2D eigenvalue weighted by Crippen LogP contribution is 2.39. The minimum Gasteiger partial charge on any atom is -0.496 e. The standard InChI is InChI=1S/C15H24N2OS/c1-10-8-11(2)14(12(9-10)18-3)15(17-16)13-6-4-5-7-19-13/h8-9,13,15,17H,4-7,16H2,1-3H3. The average molecular weight is 280 g/mol. The summed E-state index contributed by atoms with van der Waals surface area (Å²) < 4.78 is 5.58. The molecule has 0 bridgehead atoms. The molecule has 0 spiro atoms. The molecule has 19 heavy (non-hydrogen) atoms. The number of hydrazine groups is 1. The van der Waals surface area contributed by atoms with Gasteiger partial charge in [-0.3, -0.25) is 11.3 Å². The van der Waals surface area contributed by atoms with Gasteiger partial charge in [-0.2, -0.15) is 11.8 Å². The second kappa shape index (κ2) is 6.64. The minimum atomic E-state index is 0.167. The first-order valence-electron chi connectivity index (χ1n) is 6.90. The largest absolute Gasteiger partial charge is 0.496 e. The van der Waals surface area contributed by atoms with Gasteiger partial charge in [-0.25, -0.2) is 0 Å². The number of thioether (sulfide) groups is 1. The zero-order chi connectivity index (χ0) is 13.8. The van der Waals surface area contributed by atoms with Crippen LogP contribution in [0.25, 0.3) is 0 Å². The van der Waals surface area contributed by atoms with Gasteiger partial charge in [0.25, 0.3) is 0 Å². The van der Waals surface area contributed by atoms with Gasteiger partial charge in [-0.15, -0.1) is 0 Å². The van der Waals surface area contributed by atoms with Crippen molar-refractivity contribution in [3.05, 3.63) is 28.8 Å². The Morgan fingerprint density at radius 2 is 2.16 bits per heavy atom. The van der Waals surface area contributed by atoms with E-state index in [1.165, 1.54) is 41.7 Å². The van der Waals surface area contributed by atoms with E-state index in [0.29, 0.717) is 5.25 Å². The number of nitrogens with two attached hydrogens (primary N) is 1. The molecule has 0 saturated carbocycles. The van der Waals surface area contributed by atoms with E-state index in [-0.39, 0.29) is 6.04 Å². The van der Waals surface area contributed by atoms with Crippen molar-refractivity contribution in [2.24, 2.45) is 5.84 Å². The number of hydrogen-bond acceptors (Lipinski definition) is 4. The van der Waals surface area contributed by atoms with Crippen molar-refractivity contribution in [3.8, 4) is 5.75 Å². The zero-order valence-electron chi connectivity index (χ0n) is 12.0. The van der Waals surface area contributed by atoms with Crippen molar-refractivity contribution >= 4 is 11.8 Å². The van der Waals surface area contributed by atoms with Gasteiger partial charge < -0.3 is 4.74 Å². The first-order chi connectivity index (χ1) is 9.17. The Morgan fingerprint density at radius 1 is 1.37 bits per heavy atom. The van der Waals surface area contributed by atoms with Gasteiger partial charge in [0.2, 0.25) is 0 Å². The molecule has 106 valence electrons. The fourth-order valence-electron chi connectivity index (χ4n) is 2.91. The second-order valence-electron chi connectivity index (χ2n) is 5.25. The van der Waals surface area contributed by atoms with E-state index >= 15 is 0 Å². The van der Waals surface area contributed by atoms with E-state index in [1.54, 1.807) is 7.11 Å². The maximum atomic E-state index is 5.85. The summed E-state index contributed by atoms with van der Waals surface area (Å²) in [6.45, 7) is 4.24. The Balaban J connectivity index is 2.36. The molecule has 1 aromatic rings.